The van der Waals surface area contributed by atoms with Crippen LogP contribution in [0.1, 0.15) is 31.8 Å². The van der Waals surface area contributed by atoms with Gasteiger partial charge < -0.3 is 0 Å². The van der Waals surface area contributed by atoms with Crippen LogP contribution in [0, 0.1) is 3.80 Å². The summed E-state index contributed by atoms with van der Waals surface area (Å²) in [6.45, 7) is 6.43. The van der Waals surface area contributed by atoms with Gasteiger partial charge in [-0.2, -0.15) is 0 Å². The molecule has 6 nitrogen and oxygen atoms in total. The molecule has 0 aliphatic carbocycles. The van der Waals surface area contributed by atoms with Crippen molar-refractivity contribution in [3.63, 3.8) is 0 Å². The van der Waals surface area contributed by atoms with Crippen LogP contribution in [0.2, 0.25) is 0 Å². The van der Waals surface area contributed by atoms with E-state index in [9.17, 15) is 2.74 Å². The molecule has 4 heterocycles. The number of ether oxygens (including phenoxy) is 1. The van der Waals surface area contributed by atoms with Crippen LogP contribution in [0.25, 0.3) is 122 Å². The number of pyridine rings is 1. The fourth-order valence-electron chi connectivity index (χ4n) is 12.1. The molecule has 0 spiro atoms. The number of imidazole rings is 1. The summed E-state index contributed by atoms with van der Waals surface area (Å²) in [4.78, 5) is 4.86. The Morgan fingerprint density at radius 2 is 0.964 bits per heavy atom. The molecule has 4 aromatic heterocycles. The van der Waals surface area contributed by atoms with E-state index in [-0.39, 0.29) is 29.6 Å². The van der Waals surface area contributed by atoms with Crippen molar-refractivity contribution in [2.45, 2.75) is 26.2 Å². The Morgan fingerprint density at radius 1 is 0.410 bits per heavy atom. The van der Waals surface area contributed by atoms with E-state index in [2.05, 4.69) is 266 Å². The maximum absolute atomic E-state index is 9.32. The Balaban J connectivity index is 1.06. The van der Waals surface area contributed by atoms with E-state index in [1.807, 2.05) is 41.0 Å². The number of benzene rings is 11. The molecule has 0 radical (unpaired) electrons. The number of aromatic nitrogens is 5. The third-order valence-electron chi connectivity index (χ3n) is 16.0. The summed E-state index contributed by atoms with van der Waals surface area (Å²) in [7, 11) is 0. The molecule has 0 fully saturated rings. The zero-order valence-electron chi connectivity index (χ0n) is 49.7. The van der Waals surface area contributed by atoms with Gasteiger partial charge in [0.1, 0.15) is 0 Å². The van der Waals surface area contributed by atoms with Gasteiger partial charge in [-0.3, -0.25) is 0 Å². The second kappa shape index (κ2) is 20.3. The molecular formula is C76H55N5OPt. The maximum atomic E-state index is 9.32. The predicted octanol–water partition coefficient (Wildman–Crippen LogP) is 19.9. The van der Waals surface area contributed by atoms with Crippen molar-refractivity contribution >= 4 is 60.2 Å². The molecule has 83 heavy (non-hydrogen) atoms. The van der Waals surface area contributed by atoms with E-state index >= 15 is 0 Å². The predicted molar refractivity (Wildman–Crippen MR) is 340 cm³/mol. The van der Waals surface area contributed by atoms with Crippen LogP contribution >= 0.6 is 0 Å². The smallest absolute Gasteiger partial charge is 0.0561 e. The Labute approximate surface area is 497 Å². The molecule has 0 saturated heterocycles. The van der Waals surface area contributed by atoms with Gasteiger partial charge in [0.2, 0.25) is 0 Å². The summed E-state index contributed by atoms with van der Waals surface area (Å²) in [6.07, 6.45) is 1.77. The number of rotatable bonds is 9. The van der Waals surface area contributed by atoms with Crippen LogP contribution in [-0.4, -0.2) is 23.1 Å². The third-order valence-corrected chi connectivity index (χ3v) is 17.0. The van der Waals surface area contributed by atoms with Crippen LogP contribution in [0.5, 0.6) is 11.5 Å². The summed E-state index contributed by atoms with van der Waals surface area (Å²) in [5.41, 5.74) is 17.4. The summed E-state index contributed by atoms with van der Waals surface area (Å²) in [5, 5.41) is 3.19. The monoisotopic (exact) mass is 1250 g/mol. The van der Waals surface area contributed by atoms with Gasteiger partial charge in [0.25, 0.3) is 0 Å². The summed E-state index contributed by atoms with van der Waals surface area (Å²) in [6, 6.07) is 86.6. The average molecular weight is 1250 g/mol. The minimum atomic E-state index is -0.308. The first-order chi connectivity index (χ1) is 42.4. The van der Waals surface area contributed by atoms with Crippen molar-refractivity contribution in [3.8, 4) is 73.2 Å². The zero-order valence-corrected chi connectivity index (χ0v) is 48.0. The minimum Gasteiger partial charge on any atom is -0.0561 e. The first-order valence-corrected chi connectivity index (χ1v) is 29.0. The number of hydrogen-bond donors (Lipinski definition) is 0. The van der Waals surface area contributed by atoms with E-state index in [0.29, 0.717) is 39.1 Å². The number of fused-ring (bicyclic) bond motifs is 7. The normalized spacial score (nSPS) is 12.5. The topological polar surface area (TPSA) is 41.3 Å². The van der Waals surface area contributed by atoms with Crippen molar-refractivity contribution in [1.82, 2.24) is 23.1 Å². The minimum absolute atomic E-state index is 0.110. The van der Waals surface area contributed by atoms with Gasteiger partial charge in [0.15, 0.2) is 0 Å². The Morgan fingerprint density at radius 3 is 1.63 bits per heavy atom. The summed E-state index contributed by atoms with van der Waals surface area (Å²) >= 11 is 2.55. The molecular weight excluding hydrogens is 1190 g/mol. The van der Waals surface area contributed by atoms with Gasteiger partial charge in [-0.1, -0.05) is 32.9 Å². The quantitative estimate of drug-likeness (QED) is 0.145. The number of nitrogens with zero attached hydrogens (tertiary/aromatic N) is 5. The molecule has 0 atom stereocenters. The average Bonchev–Trinajstić information content (AvgIpc) is 1.74. The molecule has 0 amide bonds. The molecule has 7 heteroatoms. The Hall–Kier alpha value is -9.87. The third kappa shape index (κ3) is 8.68. The molecule has 15 aromatic rings. The van der Waals surface area contributed by atoms with Gasteiger partial charge in [-0.25, -0.2) is 0 Å². The van der Waals surface area contributed by atoms with E-state index in [1.54, 1.807) is 6.20 Å². The van der Waals surface area contributed by atoms with Crippen LogP contribution < -0.4 is 4.74 Å². The summed E-state index contributed by atoms with van der Waals surface area (Å²) in [5.74, 6) is 1.62. The van der Waals surface area contributed by atoms with Crippen molar-refractivity contribution in [2.75, 3.05) is 0 Å². The number of hydrogen-bond acceptors (Lipinski definition) is 2. The van der Waals surface area contributed by atoms with Gasteiger partial charge in [0.05, 0.1) is 5.48 Å². The molecule has 0 N–H and O–H groups in total. The Kier molecular flexibility index (Phi) is 11.2. The van der Waals surface area contributed by atoms with E-state index < -0.39 is 0 Å². The second-order valence-corrected chi connectivity index (χ2v) is 23.0. The van der Waals surface area contributed by atoms with Gasteiger partial charge in [0, 0.05) is 6.20 Å². The van der Waals surface area contributed by atoms with Crippen molar-refractivity contribution in [1.29, 1.82) is 0 Å². The standard InChI is InChI=1S/C76H55N5O.Pt/c1-76(2,3)57-42-43-77-73(47-57)81-68-36-19-16-30-63(68)65-40-38-59(48-71(65)81)82-60-39-41-69-72(49-60)79-50-78(74-61(53-26-12-6-13-27-53)32-20-33-62(74)54-28-14-7-15-29-54)70-37-21-34-66(75(70)79)64-31-17-18-35-67(64)80(69)58-45-55(51-22-8-4-9-23-51)44-56(46-58)52-24-10-5-11-25-52;/h4-49H,1-3H3;/i16D,19D,30D,36D;. The van der Waals surface area contributed by atoms with Crippen LogP contribution in [0.3, 0.4) is 0 Å². The molecule has 0 unspecified atom stereocenters. The van der Waals surface area contributed by atoms with Gasteiger partial charge in [-0.05, 0) is 17.0 Å². The van der Waals surface area contributed by atoms with Gasteiger partial charge >= 0.3 is 439 Å². The van der Waals surface area contributed by atoms with Gasteiger partial charge in [-0.15, -0.1) is 0 Å². The second-order valence-electron chi connectivity index (χ2n) is 22.0. The molecule has 0 aliphatic heterocycles. The van der Waals surface area contributed by atoms with Crippen molar-refractivity contribution in [2.24, 2.45) is 0 Å². The molecule has 400 valence electrons. The molecule has 0 bridgehead atoms. The molecule has 11 aromatic carbocycles. The zero-order chi connectivity index (χ0) is 59.2. The number of para-hydroxylation sites is 4. The van der Waals surface area contributed by atoms with Crippen LogP contribution in [-0.2, 0) is 24.8 Å². The molecule has 0 aliphatic rings. The molecule has 0 saturated carbocycles. The van der Waals surface area contributed by atoms with Crippen molar-refractivity contribution in [3.05, 3.63) is 288 Å². The Bertz CT molecular complexity index is 5240. The first-order valence-electron chi connectivity index (χ1n) is 29.8. The summed E-state index contributed by atoms with van der Waals surface area (Å²) < 4.78 is 53.4. The van der Waals surface area contributed by atoms with E-state index in [4.69, 9.17) is 12.5 Å². The van der Waals surface area contributed by atoms with E-state index in [1.165, 1.54) is 0 Å². The molecule has 15 rings (SSSR count). The SMILES string of the molecule is [2H]c1c([2H])c([2H])c2c(c1[2H])c1ccc(Oc3ccc4c(c3)n3[c](=[Pt])n(-c5c(-c6ccccc6)cccc5-c5ccccc5)c5cccc(c6ccccc6n4-c4cc(-c6ccccc6)cc(-c6ccccc6)c4)c53)cc1n2-c1cc(C(C)(C)C)ccn1. The fourth-order valence-corrected chi connectivity index (χ4v) is 13.1. The van der Waals surface area contributed by atoms with Crippen molar-refractivity contribution < 1.29 is 29.6 Å². The first kappa shape index (κ1) is 45.8. The van der Waals surface area contributed by atoms with E-state index in [0.717, 1.165) is 104 Å². The van der Waals surface area contributed by atoms with Crippen LogP contribution in [0.4, 0.5) is 0 Å². The fraction of sp³-hybridized carbons (Fsp3) is 0.0526. The van der Waals surface area contributed by atoms with Crippen LogP contribution in [0.15, 0.2) is 279 Å².